The van der Waals surface area contributed by atoms with Gasteiger partial charge in [0.15, 0.2) is 0 Å². The smallest absolute Gasteiger partial charge is 0.346 e. The van der Waals surface area contributed by atoms with E-state index >= 15 is 0 Å². The molecule has 0 bridgehead atoms. The number of esters is 1. The Morgan fingerprint density at radius 3 is 2.50 bits per heavy atom. The Bertz CT molecular complexity index is 1100. The fraction of sp³-hybridized carbons (Fsp3) is 0.269. The minimum Gasteiger partial charge on any atom is -0.423 e. The highest BCUT2D eigenvalue weighted by Crippen LogP contribution is 2.37. The summed E-state index contributed by atoms with van der Waals surface area (Å²) in [5.41, 5.74) is 0.838. The van der Waals surface area contributed by atoms with E-state index < -0.39 is 11.8 Å². The zero-order valence-electron chi connectivity index (χ0n) is 16.9. The van der Waals surface area contributed by atoms with Gasteiger partial charge in [0.05, 0.1) is 5.56 Å². The normalized spacial score (nSPS) is 19.3. The van der Waals surface area contributed by atoms with Gasteiger partial charge in [-0.05, 0) is 91.8 Å². The first kappa shape index (κ1) is 20.3. The van der Waals surface area contributed by atoms with Crippen molar-refractivity contribution in [2.45, 2.75) is 38.5 Å². The number of benzene rings is 3. The van der Waals surface area contributed by atoms with Gasteiger partial charge in [-0.2, -0.15) is 0 Å². The molecule has 3 aromatic rings. The second-order valence-electron chi connectivity index (χ2n) is 7.89. The number of fused-ring (bicyclic) bond motifs is 1. The van der Waals surface area contributed by atoms with Gasteiger partial charge >= 0.3 is 5.97 Å². The van der Waals surface area contributed by atoms with Gasteiger partial charge in [0, 0.05) is 5.39 Å². The molecule has 4 rings (SSSR count). The Morgan fingerprint density at radius 1 is 0.967 bits per heavy atom. The van der Waals surface area contributed by atoms with Crippen LogP contribution in [-0.4, -0.2) is 5.97 Å². The van der Waals surface area contributed by atoms with E-state index in [9.17, 15) is 13.6 Å². The second kappa shape index (κ2) is 8.78. The Labute approximate surface area is 175 Å². The van der Waals surface area contributed by atoms with Crippen molar-refractivity contribution in [3.05, 3.63) is 89.5 Å². The highest BCUT2D eigenvalue weighted by Gasteiger charge is 2.23. The molecular weight excluding hydrogens is 382 g/mol. The van der Waals surface area contributed by atoms with Crippen molar-refractivity contribution < 1.29 is 18.3 Å². The van der Waals surface area contributed by atoms with E-state index in [1.54, 1.807) is 24.3 Å². The van der Waals surface area contributed by atoms with Crippen LogP contribution in [0.3, 0.4) is 0 Å². The topological polar surface area (TPSA) is 26.3 Å². The van der Waals surface area contributed by atoms with Gasteiger partial charge in [0.1, 0.15) is 17.4 Å². The molecule has 4 heteroatoms. The first-order chi connectivity index (χ1) is 14.5. The first-order valence-electron chi connectivity index (χ1n) is 10.4. The summed E-state index contributed by atoms with van der Waals surface area (Å²) >= 11 is 0. The molecular formula is C26H24F2O2. The highest BCUT2D eigenvalue weighted by atomic mass is 19.1. The lowest BCUT2D eigenvalue weighted by atomic mass is 9.78. The molecule has 0 heterocycles. The Hall–Kier alpha value is -3.01. The molecule has 1 aliphatic rings. The van der Waals surface area contributed by atoms with Crippen molar-refractivity contribution in [3.63, 3.8) is 0 Å². The average Bonchev–Trinajstić information content (AvgIpc) is 2.74. The van der Waals surface area contributed by atoms with Gasteiger partial charge in [-0.3, -0.25) is 0 Å². The van der Waals surface area contributed by atoms with Crippen LogP contribution in [0.15, 0.2) is 66.7 Å². The molecule has 30 heavy (non-hydrogen) atoms. The Balaban J connectivity index is 1.47. The summed E-state index contributed by atoms with van der Waals surface area (Å²) in [7, 11) is 0. The van der Waals surface area contributed by atoms with Crippen LogP contribution in [0.25, 0.3) is 10.8 Å². The van der Waals surface area contributed by atoms with Crippen molar-refractivity contribution in [2.75, 3.05) is 0 Å². The Kier molecular flexibility index (Phi) is 5.93. The number of ether oxygens (including phenoxy) is 1. The third-order valence-corrected chi connectivity index (χ3v) is 5.93. The number of carbonyl (C=O) groups is 1. The minimum atomic E-state index is -0.758. The van der Waals surface area contributed by atoms with Gasteiger partial charge in [0.2, 0.25) is 0 Å². The molecule has 0 unspecified atom stereocenters. The zero-order valence-corrected chi connectivity index (χ0v) is 16.9. The van der Waals surface area contributed by atoms with E-state index in [0.717, 1.165) is 31.2 Å². The van der Waals surface area contributed by atoms with Crippen molar-refractivity contribution >= 4 is 16.7 Å². The number of hydrogen-bond donors (Lipinski definition) is 0. The van der Waals surface area contributed by atoms with Crippen LogP contribution < -0.4 is 4.74 Å². The van der Waals surface area contributed by atoms with E-state index in [0.29, 0.717) is 22.6 Å². The summed E-state index contributed by atoms with van der Waals surface area (Å²) in [6, 6.07) is 14.1. The summed E-state index contributed by atoms with van der Waals surface area (Å²) < 4.78 is 33.8. The standard InChI is InChI=1S/C26H24F2O2/c1-2-4-17-7-9-18(10-8-17)19-11-13-23(25(28)16-19)26(29)30-21-12-14-22-20(15-21)5-3-6-24(22)27/h2-6,11-18H,7-10H2,1H3/b4-2+. The molecule has 154 valence electrons. The quantitative estimate of drug-likeness (QED) is 0.260. The van der Waals surface area contributed by atoms with Crippen LogP contribution in [0.2, 0.25) is 0 Å². The molecule has 0 aliphatic heterocycles. The third kappa shape index (κ3) is 4.28. The van der Waals surface area contributed by atoms with Crippen molar-refractivity contribution in [3.8, 4) is 5.75 Å². The lowest BCUT2D eigenvalue weighted by Crippen LogP contribution is -2.14. The van der Waals surface area contributed by atoms with Crippen LogP contribution in [-0.2, 0) is 0 Å². The molecule has 0 amide bonds. The predicted octanol–water partition coefficient (Wildman–Crippen LogP) is 7.19. The molecule has 0 spiro atoms. The molecule has 0 atom stereocenters. The van der Waals surface area contributed by atoms with E-state index in [-0.39, 0.29) is 17.1 Å². The van der Waals surface area contributed by atoms with Gasteiger partial charge in [-0.1, -0.05) is 30.4 Å². The van der Waals surface area contributed by atoms with Crippen LogP contribution in [0, 0.1) is 17.6 Å². The van der Waals surface area contributed by atoms with Crippen LogP contribution in [0.5, 0.6) is 5.75 Å². The number of hydrogen-bond acceptors (Lipinski definition) is 2. The molecule has 0 N–H and O–H groups in total. The fourth-order valence-electron chi connectivity index (χ4n) is 4.32. The highest BCUT2D eigenvalue weighted by molar-refractivity contribution is 5.92. The third-order valence-electron chi connectivity index (χ3n) is 5.93. The van der Waals surface area contributed by atoms with E-state index in [2.05, 4.69) is 12.2 Å². The summed E-state index contributed by atoms with van der Waals surface area (Å²) in [6.45, 7) is 2.04. The number of rotatable bonds is 4. The van der Waals surface area contributed by atoms with Crippen molar-refractivity contribution in [2.24, 2.45) is 5.92 Å². The number of allylic oxidation sites excluding steroid dienone is 2. The SMILES string of the molecule is C/C=C/C1CCC(c2ccc(C(=O)Oc3ccc4c(F)cccc4c3)c(F)c2)CC1. The summed E-state index contributed by atoms with van der Waals surface area (Å²) in [5, 5.41) is 1.06. The predicted molar refractivity (Wildman–Crippen MR) is 115 cm³/mol. The van der Waals surface area contributed by atoms with Gasteiger partial charge in [0.25, 0.3) is 0 Å². The molecule has 0 saturated heterocycles. The molecule has 0 radical (unpaired) electrons. The van der Waals surface area contributed by atoms with Crippen molar-refractivity contribution in [1.82, 2.24) is 0 Å². The lowest BCUT2D eigenvalue weighted by Gasteiger charge is -2.27. The fourth-order valence-corrected chi connectivity index (χ4v) is 4.32. The summed E-state index contributed by atoms with van der Waals surface area (Å²) in [5.74, 6) is -0.482. The van der Waals surface area contributed by atoms with Crippen LogP contribution in [0.4, 0.5) is 8.78 Å². The van der Waals surface area contributed by atoms with E-state index in [4.69, 9.17) is 4.74 Å². The van der Waals surface area contributed by atoms with Crippen LogP contribution in [0.1, 0.15) is 54.4 Å². The Morgan fingerprint density at radius 2 is 1.77 bits per heavy atom. The first-order valence-corrected chi connectivity index (χ1v) is 10.4. The van der Waals surface area contributed by atoms with Gasteiger partial charge in [-0.25, -0.2) is 13.6 Å². The molecule has 1 fully saturated rings. The van der Waals surface area contributed by atoms with E-state index in [1.165, 1.54) is 24.3 Å². The molecule has 1 aliphatic carbocycles. The van der Waals surface area contributed by atoms with Gasteiger partial charge < -0.3 is 4.74 Å². The molecule has 3 aromatic carbocycles. The van der Waals surface area contributed by atoms with Gasteiger partial charge in [-0.15, -0.1) is 0 Å². The van der Waals surface area contributed by atoms with Crippen molar-refractivity contribution in [1.29, 1.82) is 0 Å². The largest absolute Gasteiger partial charge is 0.423 e. The maximum absolute atomic E-state index is 14.7. The summed E-state index contributed by atoms with van der Waals surface area (Å²) in [6.07, 6.45) is 8.58. The molecule has 2 nitrogen and oxygen atoms in total. The molecule has 0 aromatic heterocycles. The lowest BCUT2D eigenvalue weighted by molar-refractivity contribution is 0.0730. The zero-order chi connectivity index (χ0) is 21.1. The maximum atomic E-state index is 14.7. The maximum Gasteiger partial charge on any atom is 0.346 e. The average molecular weight is 406 g/mol. The minimum absolute atomic E-state index is 0.0966. The summed E-state index contributed by atoms with van der Waals surface area (Å²) in [4.78, 5) is 12.5. The second-order valence-corrected chi connectivity index (χ2v) is 7.89. The molecule has 1 saturated carbocycles. The van der Waals surface area contributed by atoms with Crippen LogP contribution >= 0.6 is 0 Å². The monoisotopic (exact) mass is 406 g/mol. The number of carbonyl (C=O) groups excluding carboxylic acids is 1. The number of halogens is 2. The van der Waals surface area contributed by atoms with E-state index in [1.807, 2.05) is 13.0 Å².